The number of halogens is 1. The molecule has 2 amide bonds. The minimum atomic E-state index is -0.787. The summed E-state index contributed by atoms with van der Waals surface area (Å²) in [7, 11) is 0. The van der Waals surface area contributed by atoms with Gasteiger partial charge in [-0.2, -0.15) is 0 Å². The lowest BCUT2D eigenvalue weighted by Crippen LogP contribution is -2.29. The maximum Gasteiger partial charge on any atom is 0.315 e. The van der Waals surface area contributed by atoms with E-state index in [-0.39, 0.29) is 0 Å². The van der Waals surface area contributed by atoms with E-state index in [1.165, 1.54) is 0 Å². The highest BCUT2D eigenvalue weighted by Gasteiger charge is 2.15. The smallest absolute Gasteiger partial charge is 0.315 e. The van der Waals surface area contributed by atoms with Crippen LogP contribution < -0.4 is 10.6 Å². The lowest BCUT2D eigenvalue weighted by Gasteiger charge is -2.07. The summed E-state index contributed by atoms with van der Waals surface area (Å²) in [5.74, 6) is -1.24. The van der Waals surface area contributed by atoms with Gasteiger partial charge in [-0.1, -0.05) is 17.7 Å². The molecule has 0 bridgehead atoms. The topological polar surface area (TPSA) is 71.1 Å². The van der Waals surface area contributed by atoms with Gasteiger partial charge in [0.05, 0.1) is 0 Å². The number of carbonyl (C=O) groups excluding carboxylic acids is 2. The van der Waals surface area contributed by atoms with Crippen LogP contribution in [0, 0.1) is 13.8 Å². The van der Waals surface area contributed by atoms with Gasteiger partial charge < -0.3 is 10.6 Å². The number of benzene rings is 1. The SMILES string of the molecule is Cc1ccnc(NC(=O)C(=O)Nc2ccc(C)c(Cl)c2)c1. The number of carbonyl (C=O) groups is 2. The Balaban J connectivity index is 2.02. The van der Waals surface area contributed by atoms with Crippen LogP contribution in [-0.4, -0.2) is 16.8 Å². The molecule has 2 N–H and O–H groups in total. The highest BCUT2D eigenvalue weighted by Crippen LogP contribution is 2.19. The van der Waals surface area contributed by atoms with Crippen LogP contribution in [0.4, 0.5) is 11.5 Å². The molecule has 1 aromatic heterocycles. The van der Waals surface area contributed by atoms with Crippen molar-refractivity contribution >= 4 is 34.9 Å². The zero-order valence-corrected chi connectivity index (χ0v) is 12.4. The highest BCUT2D eigenvalue weighted by molar-refractivity contribution is 6.43. The average molecular weight is 304 g/mol. The number of pyridine rings is 1. The first-order valence-corrected chi connectivity index (χ1v) is 6.64. The number of nitrogens with zero attached hydrogens (tertiary/aromatic N) is 1. The predicted molar refractivity (Wildman–Crippen MR) is 82.4 cm³/mol. The van der Waals surface area contributed by atoms with Crippen LogP contribution in [0.2, 0.25) is 5.02 Å². The van der Waals surface area contributed by atoms with E-state index in [2.05, 4.69) is 15.6 Å². The quantitative estimate of drug-likeness (QED) is 0.838. The Morgan fingerprint density at radius 2 is 1.76 bits per heavy atom. The fourth-order valence-corrected chi connectivity index (χ4v) is 1.82. The minimum Gasteiger partial charge on any atom is -0.318 e. The van der Waals surface area contributed by atoms with Gasteiger partial charge in [-0.05, 0) is 49.2 Å². The molecule has 5 nitrogen and oxygen atoms in total. The van der Waals surface area contributed by atoms with Gasteiger partial charge in [-0.3, -0.25) is 9.59 Å². The van der Waals surface area contributed by atoms with Crippen molar-refractivity contribution in [3.8, 4) is 0 Å². The zero-order chi connectivity index (χ0) is 15.4. The average Bonchev–Trinajstić information content (AvgIpc) is 2.43. The number of amides is 2. The number of anilines is 2. The second kappa shape index (κ2) is 6.37. The largest absolute Gasteiger partial charge is 0.318 e. The molecule has 1 heterocycles. The molecular weight excluding hydrogens is 290 g/mol. The normalized spacial score (nSPS) is 10.0. The predicted octanol–water partition coefficient (Wildman–Crippen LogP) is 2.93. The number of rotatable bonds is 2. The van der Waals surface area contributed by atoms with Crippen LogP contribution in [0.15, 0.2) is 36.5 Å². The van der Waals surface area contributed by atoms with Gasteiger partial charge in [0.1, 0.15) is 5.82 Å². The summed E-state index contributed by atoms with van der Waals surface area (Å²) in [4.78, 5) is 27.5. The zero-order valence-electron chi connectivity index (χ0n) is 11.6. The Morgan fingerprint density at radius 3 is 2.43 bits per heavy atom. The Hall–Kier alpha value is -2.40. The number of hydrogen-bond donors (Lipinski definition) is 2. The summed E-state index contributed by atoms with van der Waals surface area (Å²) >= 11 is 5.96. The van der Waals surface area contributed by atoms with E-state index >= 15 is 0 Å². The van der Waals surface area contributed by atoms with Crippen molar-refractivity contribution in [3.63, 3.8) is 0 Å². The van der Waals surface area contributed by atoms with Crippen LogP contribution in [0.25, 0.3) is 0 Å². The van der Waals surface area contributed by atoms with Gasteiger partial charge in [0.25, 0.3) is 0 Å². The number of hydrogen-bond acceptors (Lipinski definition) is 3. The first kappa shape index (κ1) is 15.0. The number of aryl methyl sites for hydroxylation is 2. The molecule has 21 heavy (non-hydrogen) atoms. The molecule has 0 saturated heterocycles. The first-order valence-electron chi connectivity index (χ1n) is 6.27. The van der Waals surface area contributed by atoms with E-state index in [9.17, 15) is 9.59 Å². The summed E-state index contributed by atoms with van der Waals surface area (Å²) in [5, 5.41) is 5.44. The van der Waals surface area contributed by atoms with Gasteiger partial charge in [-0.15, -0.1) is 0 Å². The fraction of sp³-hybridized carbons (Fsp3) is 0.133. The summed E-state index contributed by atoms with van der Waals surface area (Å²) in [6.45, 7) is 3.72. The van der Waals surface area contributed by atoms with Crippen LogP contribution in [0.3, 0.4) is 0 Å². The van der Waals surface area contributed by atoms with Crippen molar-refractivity contribution in [2.24, 2.45) is 0 Å². The standard InChI is InChI=1S/C15H14ClN3O2/c1-9-5-6-17-13(7-9)19-15(21)14(20)18-11-4-3-10(2)12(16)8-11/h3-8H,1-2H3,(H,18,20)(H,17,19,21). The molecular formula is C15H14ClN3O2. The molecule has 0 radical (unpaired) electrons. The molecule has 0 aliphatic rings. The van der Waals surface area contributed by atoms with Crippen LogP contribution in [-0.2, 0) is 9.59 Å². The summed E-state index contributed by atoms with van der Waals surface area (Å²) in [6, 6.07) is 8.50. The van der Waals surface area contributed by atoms with Crippen molar-refractivity contribution in [2.45, 2.75) is 13.8 Å². The molecule has 0 fully saturated rings. The maximum absolute atomic E-state index is 11.8. The molecule has 108 valence electrons. The Morgan fingerprint density at radius 1 is 1.05 bits per heavy atom. The van der Waals surface area contributed by atoms with Crippen molar-refractivity contribution in [1.82, 2.24) is 4.98 Å². The van der Waals surface area contributed by atoms with Gasteiger partial charge in [0.15, 0.2) is 0 Å². The van der Waals surface area contributed by atoms with Gasteiger partial charge in [0, 0.05) is 16.9 Å². The third-order valence-corrected chi connectivity index (χ3v) is 3.20. The molecule has 0 unspecified atom stereocenters. The highest BCUT2D eigenvalue weighted by atomic mass is 35.5. The van der Waals surface area contributed by atoms with Crippen molar-refractivity contribution in [3.05, 3.63) is 52.7 Å². The lowest BCUT2D eigenvalue weighted by molar-refractivity contribution is -0.133. The molecule has 0 saturated carbocycles. The molecule has 0 aliphatic heterocycles. The van der Waals surface area contributed by atoms with E-state index in [4.69, 9.17) is 11.6 Å². The lowest BCUT2D eigenvalue weighted by atomic mass is 10.2. The van der Waals surface area contributed by atoms with Gasteiger partial charge in [0.2, 0.25) is 0 Å². The van der Waals surface area contributed by atoms with Gasteiger partial charge >= 0.3 is 11.8 Å². The van der Waals surface area contributed by atoms with Crippen molar-refractivity contribution in [1.29, 1.82) is 0 Å². The number of aromatic nitrogens is 1. The molecule has 0 spiro atoms. The molecule has 0 atom stereocenters. The van der Waals surface area contributed by atoms with Crippen LogP contribution >= 0.6 is 11.6 Å². The maximum atomic E-state index is 11.8. The summed E-state index contributed by atoms with van der Waals surface area (Å²) in [6.07, 6.45) is 1.56. The summed E-state index contributed by atoms with van der Waals surface area (Å²) in [5.41, 5.74) is 2.29. The molecule has 1 aromatic carbocycles. The van der Waals surface area contributed by atoms with E-state index < -0.39 is 11.8 Å². The second-order valence-electron chi connectivity index (χ2n) is 4.59. The Kier molecular flexibility index (Phi) is 4.55. The fourth-order valence-electron chi connectivity index (χ4n) is 1.64. The molecule has 2 rings (SSSR count). The number of nitrogens with one attached hydrogen (secondary N) is 2. The van der Waals surface area contributed by atoms with Crippen LogP contribution in [0.1, 0.15) is 11.1 Å². The monoisotopic (exact) mass is 303 g/mol. The van der Waals surface area contributed by atoms with E-state index in [0.29, 0.717) is 16.5 Å². The molecule has 6 heteroatoms. The molecule has 2 aromatic rings. The van der Waals surface area contributed by atoms with Gasteiger partial charge in [-0.25, -0.2) is 4.98 Å². The second-order valence-corrected chi connectivity index (χ2v) is 5.00. The van der Waals surface area contributed by atoms with E-state index in [0.717, 1.165) is 11.1 Å². The van der Waals surface area contributed by atoms with Crippen LogP contribution in [0.5, 0.6) is 0 Å². The Bertz CT molecular complexity index is 701. The molecule has 0 aliphatic carbocycles. The summed E-state index contributed by atoms with van der Waals surface area (Å²) < 4.78 is 0. The van der Waals surface area contributed by atoms with Crippen molar-refractivity contribution < 1.29 is 9.59 Å². The first-order chi connectivity index (χ1) is 9.95. The third kappa shape index (κ3) is 4.03. The third-order valence-electron chi connectivity index (χ3n) is 2.79. The van der Waals surface area contributed by atoms with Crippen molar-refractivity contribution in [2.75, 3.05) is 10.6 Å². The van der Waals surface area contributed by atoms with E-state index in [1.54, 1.807) is 36.5 Å². The minimum absolute atomic E-state index is 0.331. The Labute approximate surface area is 127 Å². The van der Waals surface area contributed by atoms with E-state index in [1.807, 2.05) is 13.8 Å².